The Labute approximate surface area is 176 Å². The molecular formula is C24H26N2O4. The summed E-state index contributed by atoms with van der Waals surface area (Å²) < 4.78 is 11.1. The van der Waals surface area contributed by atoms with Gasteiger partial charge in [-0.3, -0.25) is 20.4 Å². The molecule has 3 aromatic rings. The highest BCUT2D eigenvalue weighted by Crippen LogP contribution is 2.21. The Hall–Kier alpha value is -3.54. The minimum Gasteiger partial charge on any atom is -0.484 e. The van der Waals surface area contributed by atoms with Crippen molar-refractivity contribution in [2.45, 2.75) is 32.8 Å². The quantitative estimate of drug-likeness (QED) is 0.583. The molecule has 6 heteroatoms. The van der Waals surface area contributed by atoms with Crippen LogP contribution in [0.1, 0.15) is 32.3 Å². The summed E-state index contributed by atoms with van der Waals surface area (Å²) in [4.78, 5) is 24.1. The molecular weight excluding hydrogens is 380 g/mol. The molecule has 1 atom stereocenters. The van der Waals surface area contributed by atoms with E-state index in [1.54, 1.807) is 6.92 Å². The van der Waals surface area contributed by atoms with Gasteiger partial charge in [0, 0.05) is 0 Å². The molecule has 3 aromatic carbocycles. The Morgan fingerprint density at radius 3 is 2.20 bits per heavy atom. The monoisotopic (exact) mass is 406 g/mol. The predicted molar refractivity (Wildman–Crippen MR) is 116 cm³/mol. The number of fused-ring (bicyclic) bond motifs is 1. The van der Waals surface area contributed by atoms with Crippen LogP contribution in [0.25, 0.3) is 10.8 Å². The molecule has 0 heterocycles. The van der Waals surface area contributed by atoms with Gasteiger partial charge in [0.15, 0.2) is 12.7 Å². The van der Waals surface area contributed by atoms with Crippen LogP contribution in [0.15, 0.2) is 66.7 Å². The molecule has 0 aliphatic rings. The van der Waals surface area contributed by atoms with Crippen LogP contribution >= 0.6 is 0 Å². The average Bonchev–Trinajstić information content (AvgIpc) is 2.76. The minimum absolute atomic E-state index is 0.207. The lowest BCUT2D eigenvalue weighted by Crippen LogP contribution is -2.48. The Morgan fingerprint density at radius 2 is 1.50 bits per heavy atom. The number of hydrogen-bond acceptors (Lipinski definition) is 4. The first-order valence-corrected chi connectivity index (χ1v) is 9.89. The average molecular weight is 406 g/mol. The molecule has 0 radical (unpaired) electrons. The van der Waals surface area contributed by atoms with E-state index in [0.29, 0.717) is 17.4 Å². The lowest BCUT2D eigenvalue weighted by molar-refractivity contribution is -0.133. The zero-order valence-electron chi connectivity index (χ0n) is 17.3. The van der Waals surface area contributed by atoms with Gasteiger partial charge in [0.05, 0.1) is 0 Å². The van der Waals surface area contributed by atoms with E-state index >= 15 is 0 Å². The molecule has 0 aliphatic heterocycles. The fourth-order valence-corrected chi connectivity index (χ4v) is 2.87. The number of benzene rings is 3. The number of carbonyl (C=O) groups is 2. The van der Waals surface area contributed by atoms with Crippen molar-refractivity contribution >= 4 is 22.6 Å². The summed E-state index contributed by atoms with van der Waals surface area (Å²) in [7, 11) is 0. The number of carbonyl (C=O) groups excluding carboxylic acids is 2. The fraction of sp³-hybridized carbons (Fsp3) is 0.250. The highest BCUT2D eigenvalue weighted by atomic mass is 16.5. The van der Waals surface area contributed by atoms with E-state index in [1.165, 1.54) is 5.56 Å². The van der Waals surface area contributed by atoms with Gasteiger partial charge in [-0.15, -0.1) is 0 Å². The highest BCUT2D eigenvalue weighted by Gasteiger charge is 2.16. The number of amides is 2. The molecule has 2 N–H and O–H groups in total. The van der Waals surface area contributed by atoms with Crippen LogP contribution in [-0.2, 0) is 9.59 Å². The number of hydrogen-bond donors (Lipinski definition) is 2. The van der Waals surface area contributed by atoms with Crippen molar-refractivity contribution in [2.24, 2.45) is 0 Å². The molecule has 0 aromatic heterocycles. The van der Waals surface area contributed by atoms with Crippen molar-refractivity contribution in [3.8, 4) is 11.5 Å². The lowest BCUT2D eigenvalue weighted by atomic mass is 10.0. The molecule has 30 heavy (non-hydrogen) atoms. The van der Waals surface area contributed by atoms with Gasteiger partial charge in [0.25, 0.3) is 11.8 Å². The maximum atomic E-state index is 12.2. The zero-order valence-corrected chi connectivity index (χ0v) is 17.3. The Morgan fingerprint density at radius 1 is 0.833 bits per heavy atom. The topological polar surface area (TPSA) is 76.7 Å². The fourth-order valence-electron chi connectivity index (χ4n) is 2.87. The van der Waals surface area contributed by atoms with Crippen molar-refractivity contribution in [1.82, 2.24) is 10.9 Å². The molecule has 0 spiro atoms. The van der Waals surface area contributed by atoms with Crippen molar-refractivity contribution in [1.29, 1.82) is 0 Å². The predicted octanol–water partition coefficient (Wildman–Crippen LogP) is 3.96. The van der Waals surface area contributed by atoms with E-state index in [4.69, 9.17) is 9.47 Å². The molecule has 0 fully saturated rings. The molecule has 156 valence electrons. The number of rotatable bonds is 7. The second-order valence-corrected chi connectivity index (χ2v) is 7.32. The smallest absolute Gasteiger partial charge is 0.279 e. The van der Waals surface area contributed by atoms with Gasteiger partial charge in [-0.05, 0) is 53.4 Å². The van der Waals surface area contributed by atoms with Crippen LogP contribution in [0.5, 0.6) is 11.5 Å². The van der Waals surface area contributed by atoms with Gasteiger partial charge < -0.3 is 9.47 Å². The van der Waals surface area contributed by atoms with E-state index < -0.39 is 17.9 Å². The van der Waals surface area contributed by atoms with E-state index in [2.05, 4.69) is 24.7 Å². The van der Waals surface area contributed by atoms with Crippen LogP contribution in [0.3, 0.4) is 0 Å². The van der Waals surface area contributed by atoms with E-state index in [0.717, 1.165) is 10.8 Å². The summed E-state index contributed by atoms with van der Waals surface area (Å²) in [6.45, 7) is 5.62. The van der Waals surface area contributed by atoms with Crippen LogP contribution in [0, 0.1) is 0 Å². The molecule has 0 saturated heterocycles. The van der Waals surface area contributed by atoms with Crippen LogP contribution in [0.4, 0.5) is 0 Å². The minimum atomic E-state index is -0.782. The van der Waals surface area contributed by atoms with Gasteiger partial charge in [-0.2, -0.15) is 0 Å². The zero-order chi connectivity index (χ0) is 21.5. The summed E-state index contributed by atoms with van der Waals surface area (Å²) in [5.74, 6) is 0.674. The highest BCUT2D eigenvalue weighted by molar-refractivity contribution is 5.86. The molecule has 0 unspecified atom stereocenters. The summed E-state index contributed by atoms with van der Waals surface area (Å²) in [6, 6.07) is 21.1. The molecule has 0 bridgehead atoms. The third kappa shape index (κ3) is 5.73. The van der Waals surface area contributed by atoms with Crippen molar-refractivity contribution in [3.05, 3.63) is 72.3 Å². The van der Waals surface area contributed by atoms with Crippen molar-refractivity contribution < 1.29 is 19.1 Å². The van der Waals surface area contributed by atoms with E-state index in [-0.39, 0.29) is 6.61 Å². The van der Waals surface area contributed by atoms with Gasteiger partial charge in [0.2, 0.25) is 0 Å². The van der Waals surface area contributed by atoms with Crippen LogP contribution in [-0.4, -0.2) is 24.5 Å². The van der Waals surface area contributed by atoms with E-state index in [1.807, 2.05) is 66.7 Å². The Bertz CT molecular complexity index is 1020. The lowest BCUT2D eigenvalue weighted by Gasteiger charge is -2.16. The Balaban J connectivity index is 1.43. The first kappa shape index (κ1) is 21.2. The normalized spacial score (nSPS) is 11.7. The van der Waals surface area contributed by atoms with Gasteiger partial charge >= 0.3 is 0 Å². The first-order chi connectivity index (χ1) is 14.4. The maximum absolute atomic E-state index is 12.2. The Kier molecular flexibility index (Phi) is 6.91. The third-order valence-electron chi connectivity index (χ3n) is 4.64. The third-order valence-corrected chi connectivity index (χ3v) is 4.64. The van der Waals surface area contributed by atoms with Crippen molar-refractivity contribution in [3.63, 3.8) is 0 Å². The number of ether oxygens (including phenoxy) is 2. The van der Waals surface area contributed by atoms with Crippen molar-refractivity contribution in [2.75, 3.05) is 6.61 Å². The first-order valence-electron chi connectivity index (χ1n) is 9.89. The van der Waals surface area contributed by atoms with Crippen LogP contribution < -0.4 is 20.3 Å². The standard InChI is InChI=1S/C24H26N2O4/c1-16(2)18-8-11-21(12-9-18)29-15-23(27)25-26-24(28)17(3)30-22-13-10-19-6-4-5-7-20(19)14-22/h4-14,16-17H,15H2,1-3H3,(H,25,27)(H,26,28)/t17-/m1/s1. The van der Waals surface area contributed by atoms with Crippen LogP contribution in [0.2, 0.25) is 0 Å². The second kappa shape index (κ2) is 9.78. The summed E-state index contributed by atoms with van der Waals surface area (Å²) in [5.41, 5.74) is 5.89. The summed E-state index contributed by atoms with van der Waals surface area (Å²) in [6.07, 6.45) is -0.782. The summed E-state index contributed by atoms with van der Waals surface area (Å²) >= 11 is 0. The maximum Gasteiger partial charge on any atom is 0.279 e. The molecule has 0 aliphatic carbocycles. The van der Waals surface area contributed by atoms with E-state index in [9.17, 15) is 9.59 Å². The van der Waals surface area contributed by atoms with Gasteiger partial charge in [0.1, 0.15) is 11.5 Å². The van der Waals surface area contributed by atoms with Gasteiger partial charge in [-0.1, -0.05) is 56.3 Å². The largest absolute Gasteiger partial charge is 0.484 e. The molecule has 6 nitrogen and oxygen atoms in total. The molecule has 0 saturated carbocycles. The number of hydrazine groups is 1. The molecule has 3 rings (SSSR count). The summed E-state index contributed by atoms with van der Waals surface area (Å²) in [5, 5.41) is 2.11. The number of nitrogens with one attached hydrogen (secondary N) is 2. The SMILES string of the molecule is CC(C)c1ccc(OCC(=O)NNC(=O)[C@@H](C)Oc2ccc3ccccc3c2)cc1. The second-order valence-electron chi connectivity index (χ2n) is 7.32. The molecule has 2 amide bonds. The van der Waals surface area contributed by atoms with Gasteiger partial charge in [-0.25, -0.2) is 0 Å².